The van der Waals surface area contributed by atoms with Gasteiger partial charge in [-0.05, 0) is 18.2 Å². The summed E-state index contributed by atoms with van der Waals surface area (Å²) in [4.78, 5) is 0. The minimum absolute atomic E-state index is 0.375. The van der Waals surface area contributed by atoms with Crippen molar-refractivity contribution >= 4 is 11.6 Å². The van der Waals surface area contributed by atoms with E-state index in [0.29, 0.717) is 0 Å². The lowest BCUT2D eigenvalue weighted by Crippen LogP contribution is -2.23. The second-order valence-corrected chi connectivity index (χ2v) is 3.75. The highest BCUT2D eigenvalue weighted by atomic mass is 35.5. The van der Waals surface area contributed by atoms with E-state index in [0.717, 1.165) is 18.2 Å². The van der Waals surface area contributed by atoms with Gasteiger partial charge in [0.1, 0.15) is 17.6 Å². The Morgan fingerprint density at radius 3 is 2.39 bits per heavy atom. The van der Waals surface area contributed by atoms with Crippen molar-refractivity contribution in [3.8, 4) is 11.5 Å². The fourth-order valence-corrected chi connectivity index (χ4v) is 1.45. The first-order chi connectivity index (χ1) is 8.24. The number of ether oxygens (including phenoxy) is 1. The first-order valence-electron chi connectivity index (χ1n) is 4.75. The van der Waals surface area contributed by atoms with Gasteiger partial charge < -0.3 is 20.1 Å². The second-order valence-electron chi connectivity index (χ2n) is 3.44. The molecule has 1 rings (SSSR count). The van der Waals surface area contributed by atoms with Crippen LogP contribution in [-0.2, 0) is 0 Å². The lowest BCUT2D eigenvalue weighted by molar-refractivity contribution is -0.275. The first kappa shape index (κ1) is 14.9. The van der Waals surface area contributed by atoms with E-state index in [1.54, 1.807) is 0 Å². The van der Waals surface area contributed by atoms with Crippen molar-refractivity contribution in [2.24, 2.45) is 0 Å². The van der Waals surface area contributed by atoms with Gasteiger partial charge in [-0.25, -0.2) is 0 Å². The zero-order valence-electron chi connectivity index (χ0n) is 8.86. The van der Waals surface area contributed by atoms with Gasteiger partial charge in [-0.2, -0.15) is 0 Å². The molecule has 0 fully saturated rings. The van der Waals surface area contributed by atoms with Gasteiger partial charge in [0.25, 0.3) is 0 Å². The van der Waals surface area contributed by atoms with Gasteiger partial charge in [-0.15, -0.1) is 24.8 Å². The van der Waals surface area contributed by atoms with Crippen LogP contribution in [0.1, 0.15) is 11.7 Å². The van der Waals surface area contributed by atoms with Crippen LogP contribution < -0.4 is 4.74 Å². The van der Waals surface area contributed by atoms with Crippen molar-refractivity contribution in [1.82, 2.24) is 0 Å². The summed E-state index contributed by atoms with van der Waals surface area (Å²) in [5, 5.41) is 28.1. The molecule has 0 saturated carbocycles. The molecule has 8 heteroatoms. The van der Waals surface area contributed by atoms with Gasteiger partial charge in [-0.1, -0.05) is 0 Å². The monoisotopic (exact) mass is 286 g/mol. The van der Waals surface area contributed by atoms with Crippen LogP contribution in [0.25, 0.3) is 0 Å². The number of hydrogen-bond acceptors (Lipinski definition) is 4. The fourth-order valence-electron chi connectivity index (χ4n) is 1.28. The van der Waals surface area contributed by atoms with E-state index in [1.807, 2.05) is 0 Å². The quantitative estimate of drug-likeness (QED) is 0.740. The van der Waals surface area contributed by atoms with Crippen molar-refractivity contribution in [3.05, 3.63) is 23.8 Å². The Balaban J connectivity index is 3.11. The van der Waals surface area contributed by atoms with E-state index in [4.69, 9.17) is 11.6 Å². The number of phenolic OH excluding ortho intramolecular Hbond substituents is 1. The molecule has 2 atom stereocenters. The number of aromatic hydroxyl groups is 1. The van der Waals surface area contributed by atoms with Crippen molar-refractivity contribution < 1.29 is 33.2 Å². The van der Waals surface area contributed by atoms with Crippen LogP contribution in [0.5, 0.6) is 11.5 Å². The van der Waals surface area contributed by atoms with Gasteiger partial charge in [0.15, 0.2) is 0 Å². The van der Waals surface area contributed by atoms with Crippen LogP contribution in [0.3, 0.4) is 0 Å². The molecule has 0 aliphatic heterocycles. The third-order valence-corrected chi connectivity index (χ3v) is 2.38. The van der Waals surface area contributed by atoms with Gasteiger partial charge in [0.05, 0.1) is 12.0 Å². The predicted octanol–water partition coefficient (Wildman–Crippen LogP) is 1.92. The zero-order valence-corrected chi connectivity index (χ0v) is 9.61. The van der Waals surface area contributed by atoms with E-state index >= 15 is 0 Å². The topological polar surface area (TPSA) is 69.9 Å². The maximum atomic E-state index is 12.1. The van der Waals surface area contributed by atoms with Gasteiger partial charge >= 0.3 is 6.36 Å². The summed E-state index contributed by atoms with van der Waals surface area (Å²) in [6, 6.07) is 2.66. The molecular formula is C10H10ClF3O4. The second kappa shape index (κ2) is 5.64. The molecule has 102 valence electrons. The Morgan fingerprint density at radius 2 is 1.89 bits per heavy atom. The molecule has 0 aromatic heterocycles. The molecule has 0 heterocycles. The number of alkyl halides is 4. The summed E-state index contributed by atoms with van der Waals surface area (Å²) in [6.45, 7) is 0. The van der Waals surface area contributed by atoms with Crippen LogP contribution in [-0.4, -0.2) is 33.7 Å². The van der Waals surface area contributed by atoms with E-state index in [-0.39, 0.29) is 11.6 Å². The molecule has 1 aromatic rings. The van der Waals surface area contributed by atoms with Crippen molar-refractivity contribution in [2.45, 2.75) is 18.6 Å². The van der Waals surface area contributed by atoms with Crippen molar-refractivity contribution in [3.63, 3.8) is 0 Å². The van der Waals surface area contributed by atoms with Gasteiger partial charge in [-0.3, -0.25) is 0 Å². The lowest BCUT2D eigenvalue weighted by Gasteiger charge is -2.20. The average Bonchev–Trinajstić information content (AvgIpc) is 2.27. The van der Waals surface area contributed by atoms with Crippen LogP contribution >= 0.6 is 11.6 Å². The van der Waals surface area contributed by atoms with Crippen LogP contribution in [0.4, 0.5) is 13.2 Å². The minimum atomic E-state index is -4.95. The molecule has 18 heavy (non-hydrogen) atoms. The van der Waals surface area contributed by atoms with E-state index in [2.05, 4.69) is 4.74 Å². The molecule has 3 N–H and O–H groups in total. The van der Waals surface area contributed by atoms with Crippen LogP contribution in [0.2, 0.25) is 0 Å². The average molecular weight is 287 g/mol. The first-order valence-corrected chi connectivity index (χ1v) is 5.29. The number of rotatable bonds is 4. The SMILES string of the molecule is Oc1ccc(OC(F)(F)F)c(C(O)C(O)CCl)c1. The smallest absolute Gasteiger partial charge is 0.508 e. The van der Waals surface area contributed by atoms with Gasteiger partial charge in [0.2, 0.25) is 0 Å². The maximum absolute atomic E-state index is 12.1. The highest BCUT2D eigenvalue weighted by Gasteiger charge is 2.33. The Kier molecular flexibility index (Phi) is 4.66. The van der Waals surface area contributed by atoms with E-state index < -0.39 is 29.9 Å². The summed E-state index contributed by atoms with van der Waals surface area (Å²) in [5.74, 6) is -1.47. The molecule has 0 radical (unpaired) electrons. The molecule has 1 aromatic carbocycles. The van der Waals surface area contributed by atoms with Crippen molar-refractivity contribution in [1.29, 1.82) is 0 Å². The number of benzene rings is 1. The number of aliphatic hydroxyl groups excluding tert-OH is 2. The largest absolute Gasteiger partial charge is 0.573 e. The molecule has 0 bridgehead atoms. The minimum Gasteiger partial charge on any atom is -0.508 e. The number of hydrogen-bond donors (Lipinski definition) is 3. The highest BCUT2D eigenvalue weighted by molar-refractivity contribution is 6.18. The zero-order chi connectivity index (χ0) is 13.9. The van der Waals surface area contributed by atoms with Gasteiger partial charge in [0, 0.05) is 5.56 Å². The summed E-state index contributed by atoms with van der Waals surface area (Å²) >= 11 is 5.29. The molecule has 0 aliphatic carbocycles. The molecular weight excluding hydrogens is 277 g/mol. The normalized spacial score (nSPS) is 15.2. The molecule has 4 nitrogen and oxygen atoms in total. The molecule has 0 spiro atoms. The number of halogens is 4. The van der Waals surface area contributed by atoms with E-state index in [9.17, 15) is 28.5 Å². The maximum Gasteiger partial charge on any atom is 0.573 e. The standard InChI is InChI=1S/C10H10ClF3O4/c11-4-7(16)9(17)6-3-5(15)1-2-8(6)18-10(12,13)14/h1-3,7,9,15-17H,4H2. The third-order valence-electron chi connectivity index (χ3n) is 2.06. The van der Waals surface area contributed by atoms with Crippen LogP contribution in [0.15, 0.2) is 18.2 Å². The van der Waals surface area contributed by atoms with Crippen LogP contribution in [0, 0.1) is 0 Å². The predicted molar refractivity (Wildman–Crippen MR) is 56.5 cm³/mol. The fraction of sp³-hybridized carbons (Fsp3) is 0.400. The Hall–Kier alpha value is -1.18. The Morgan fingerprint density at radius 1 is 1.28 bits per heavy atom. The summed E-state index contributed by atoms with van der Waals surface area (Å²) in [5.41, 5.74) is -0.402. The number of phenols is 1. The Bertz CT molecular complexity index is 411. The molecule has 0 amide bonds. The van der Waals surface area contributed by atoms with E-state index in [1.165, 1.54) is 0 Å². The summed E-state index contributed by atoms with van der Waals surface area (Å²) < 4.78 is 40.0. The molecule has 0 aliphatic rings. The van der Waals surface area contributed by atoms with Crippen molar-refractivity contribution in [2.75, 3.05) is 5.88 Å². The highest BCUT2D eigenvalue weighted by Crippen LogP contribution is 2.34. The third kappa shape index (κ3) is 3.94. The Labute approximate surface area is 105 Å². The molecule has 0 saturated heterocycles. The number of aliphatic hydroxyl groups is 2. The summed E-state index contributed by atoms with van der Waals surface area (Å²) in [6.07, 6.45) is -8.13. The molecule has 2 unspecified atom stereocenters. The lowest BCUT2D eigenvalue weighted by atomic mass is 10.0. The summed E-state index contributed by atoms with van der Waals surface area (Å²) in [7, 11) is 0.